The number of carbonyl (C=O) groups excluding carboxylic acids is 1. The normalized spacial score (nSPS) is 27.3. The van der Waals surface area contributed by atoms with Crippen LogP contribution in [0.3, 0.4) is 0 Å². The van der Waals surface area contributed by atoms with Gasteiger partial charge in [-0.2, -0.15) is 0 Å². The van der Waals surface area contributed by atoms with Crippen LogP contribution in [0.2, 0.25) is 0 Å². The van der Waals surface area contributed by atoms with Crippen molar-refractivity contribution in [1.82, 2.24) is 5.32 Å². The smallest absolute Gasteiger partial charge is 0.223 e. The summed E-state index contributed by atoms with van der Waals surface area (Å²) in [7, 11) is 0. The molecule has 1 fully saturated rings. The van der Waals surface area contributed by atoms with Crippen LogP contribution in [-0.4, -0.2) is 11.9 Å². The second-order valence-electron chi connectivity index (χ2n) is 5.25. The molecule has 82 valence electrons. The second kappa shape index (κ2) is 4.33. The molecule has 0 aliphatic heterocycles. The minimum Gasteiger partial charge on any atom is -0.353 e. The zero-order valence-electron chi connectivity index (χ0n) is 9.89. The van der Waals surface area contributed by atoms with E-state index in [0.717, 1.165) is 12.8 Å². The minimum atomic E-state index is 0.206. The van der Waals surface area contributed by atoms with Gasteiger partial charge in [-0.15, -0.1) is 0 Å². The van der Waals surface area contributed by atoms with E-state index in [0.29, 0.717) is 6.04 Å². The van der Waals surface area contributed by atoms with E-state index in [4.69, 9.17) is 0 Å². The van der Waals surface area contributed by atoms with Gasteiger partial charge in [0.2, 0.25) is 5.91 Å². The lowest BCUT2D eigenvalue weighted by Gasteiger charge is -2.27. The van der Waals surface area contributed by atoms with Gasteiger partial charge < -0.3 is 5.32 Å². The van der Waals surface area contributed by atoms with E-state index in [-0.39, 0.29) is 17.2 Å². The molecule has 1 aliphatic rings. The summed E-state index contributed by atoms with van der Waals surface area (Å²) in [6.07, 6.45) is 4.46. The Morgan fingerprint density at radius 3 is 2.64 bits per heavy atom. The van der Waals surface area contributed by atoms with E-state index in [2.05, 4.69) is 33.0 Å². The highest BCUT2D eigenvalue weighted by Gasteiger charge is 2.39. The van der Waals surface area contributed by atoms with Crippen molar-refractivity contribution in [2.75, 3.05) is 0 Å². The van der Waals surface area contributed by atoms with Crippen LogP contribution in [0.4, 0.5) is 0 Å². The van der Waals surface area contributed by atoms with Gasteiger partial charge in [-0.25, -0.2) is 0 Å². The van der Waals surface area contributed by atoms with E-state index >= 15 is 0 Å². The lowest BCUT2D eigenvalue weighted by Crippen LogP contribution is -2.40. The molecule has 2 nitrogen and oxygen atoms in total. The van der Waals surface area contributed by atoms with Gasteiger partial charge in [0.05, 0.1) is 0 Å². The Bertz CT molecular complexity index is 210. The largest absolute Gasteiger partial charge is 0.353 e. The fourth-order valence-corrected chi connectivity index (χ4v) is 2.26. The zero-order chi connectivity index (χ0) is 10.8. The molecule has 1 rings (SSSR count). The van der Waals surface area contributed by atoms with Crippen molar-refractivity contribution in [3.63, 3.8) is 0 Å². The molecule has 1 aliphatic carbocycles. The maximum Gasteiger partial charge on any atom is 0.223 e. The molecule has 0 aromatic carbocycles. The lowest BCUT2D eigenvalue weighted by molar-refractivity contribution is -0.128. The van der Waals surface area contributed by atoms with Crippen LogP contribution in [-0.2, 0) is 4.79 Å². The number of amides is 1. The Labute approximate surface area is 87.5 Å². The molecule has 0 aromatic rings. The summed E-state index contributed by atoms with van der Waals surface area (Å²) in [4.78, 5) is 11.9. The average Bonchev–Trinajstić information content (AvgIpc) is 2.45. The molecule has 14 heavy (non-hydrogen) atoms. The van der Waals surface area contributed by atoms with E-state index in [1.165, 1.54) is 12.8 Å². The third kappa shape index (κ3) is 2.49. The molecule has 0 spiro atoms. The van der Waals surface area contributed by atoms with Crippen molar-refractivity contribution in [3.05, 3.63) is 0 Å². The van der Waals surface area contributed by atoms with E-state index in [1.807, 2.05) is 0 Å². The summed E-state index contributed by atoms with van der Waals surface area (Å²) in [6, 6.07) is 0.318. The van der Waals surface area contributed by atoms with Crippen LogP contribution < -0.4 is 5.32 Å². The molecule has 0 saturated heterocycles. The highest BCUT2D eigenvalue weighted by Crippen LogP contribution is 2.42. The van der Waals surface area contributed by atoms with Gasteiger partial charge in [-0.1, -0.05) is 27.2 Å². The maximum absolute atomic E-state index is 11.9. The van der Waals surface area contributed by atoms with Crippen molar-refractivity contribution < 1.29 is 4.79 Å². The molecular weight excluding hydrogens is 174 g/mol. The number of rotatable bonds is 3. The number of hydrogen-bond donors (Lipinski definition) is 1. The first-order chi connectivity index (χ1) is 6.47. The van der Waals surface area contributed by atoms with Crippen molar-refractivity contribution >= 4 is 5.91 Å². The van der Waals surface area contributed by atoms with Crippen molar-refractivity contribution in [2.24, 2.45) is 11.3 Å². The fraction of sp³-hybridized carbons (Fsp3) is 0.917. The molecule has 2 unspecified atom stereocenters. The van der Waals surface area contributed by atoms with Gasteiger partial charge >= 0.3 is 0 Å². The maximum atomic E-state index is 11.9. The number of carbonyl (C=O) groups is 1. The van der Waals surface area contributed by atoms with E-state index in [9.17, 15) is 4.79 Å². The lowest BCUT2D eigenvalue weighted by atomic mass is 9.81. The van der Waals surface area contributed by atoms with Gasteiger partial charge in [0.1, 0.15) is 0 Å². The topological polar surface area (TPSA) is 29.1 Å². The summed E-state index contributed by atoms with van der Waals surface area (Å²) in [5.41, 5.74) is 0.206. The highest BCUT2D eigenvalue weighted by molar-refractivity contribution is 5.80. The molecule has 2 atom stereocenters. The highest BCUT2D eigenvalue weighted by atomic mass is 16.2. The Morgan fingerprint density at radius 1 is 1.57 bits per heavy atom. The predicted octanol–water partition coefficient (Wildman–Crippen LogP) is 2.73. The van der Waals surface area contributed by atoms with Gasteiger partial charge in [0.15, 0.2) is 0 Å². The Morgan fingerprint density at radius 2 is 2.21 bits per heavy atom. The first-order valence-corrected chi connectivity index (χ1v) is 5.77. The molecule has 0 aromatic heterocycles. The third-order valence-electron chi connectivity index (χ3n) is 3.57. The van der Waals surface area contributed by atoms with Gasteiger partial charge in [-0.3, -0.25) is 4.79 Å². The molecule has 0 heterocycles. The van der Waals surface area contributed by atoms with Crippen LogP contribution in [0, 0.1) is 11.3 Å². The summed E-state index contributed by atoms with van der Waals surface area (Å²) >= 11 is 0. The number of hydrogen-bond acceptors (Lipinski definition) is 1. The summed E-state index contributed by atoms with van der Waals surface area (Å²) in [6.45, 7) is 8.59. The van der Waals surface area contributed by atoms with E-state index < -0.39 is 0 Å². The Balaban J connectivity index is 2.52. The Hall–Kier alpha value is -0.530. The molecule has 0 radical (unpaired) electrons. The molecule has 0 bridgehead atoms. The van der Waals surface area contributed by atoms with Crippen LogP contribution in [0.25, 0.3) is 0 Å². The standard InChI is InChI=1S/C12H23NO/c1-5-9(2)13-11(14)10-7-6-8-12(10,3)4/h9-10H,5-8H2,1-4H3,(H,13,14). The first-order valence-electron chi connectivity index (χ1n) is 5.77. The molecule has 1 amide bonds. The van der Waals surface area contributed by atoms with E-state index in [1.54, 1.807) is 0 Å². The number of nitrogens with one attached hydrogen (secondary N) is 1. The summed E-state index contributed by atoms with van der Waals surface area (Å²) in [5.74, 6) is 0.498. The predicted molar refractivity (Wildman–Crippen MR) is 59.0 cm³/mol. The second-order valence-corrected chi connectivity index (χ2v) is 5.25. The summed E-state index contributed by atoms with van der Waals surface area (Å²) in [5, 5.41) is 3.09. The van der Waals surface area contributed by atoms with Gasteiger partial charge in [-0.05, 0) is 31.6 Å². The molecule has 2 heteroatoms. The average molecular weight is 197 g/mol. The fourth-order valence-electron chi connectivity index (χ4n) is 2.26. The van der Waals surface area contributed by atoms with Gasteiger partial charge in [0.25, 0.3) is 0 Å². The minimum absolute atomic E-state index is 0.206. The zero-order valence-corrected chi connectivity index (χ0v) is 9.89. The van der Waals surface area contributed by atoms with Gasteiger partial charge in [0, 0.05) is 12.0 Å². The molecule has 1 N–H and O–H groups in total. The quantitative estimate of drug-likeness (QED) is 0.740. The third-order valence-corrected chi connectivity index (χ3v) is 3.57. The first kappa shape index (κ1) is 11.5. The SMILES string of the molecule is CCC(C)NC(=O)C1CCCC1(C)C. The van der Waals surface area contributed by atoms with Crippen LogP contribution in [0.5, 0.6) is 0 Å². The van der Waals surface area contributed by atoms with Crippen molar-refractivity contribution in [1.29, 1.82) is 0 Å². The summed E-state index contributed by atoms with van der Waals surface area (Å²) < 4.78 is 0. The monoisotopic (exact) mass is 197 g/mol. The van der Waals surface area contributed by atoms with Crippen molar-refractivity contribution in [2.45, 2.75) is 59.4 Å². The Kier molecular flexibility index (Phi) is 3.57. The van der Waals surface area contributed by atoms with Crippen LogP contribution in [0.15, 0.2) is 0 Å². The van der Waals surface area contributed by atoms with Crippen molar-refractivity contribution in [3.8, 4) is 0 Å². The van der Waals surface area contributed by atoms with Crippen LogP contribution in [0.1, 0.15) is 53.4 Å². The molecule has 1 saturated carbocycles. The van der Waals surface area contributed by atoms with Crippen LogP contribution >= 0.6 is 0 Å². The molecular formula is C12H23NO.